The molecule has 24 heavy (non-hydrogen) atoms. The van der Waals surface area contributed by atoms with Crippen LogP contribution < -0.4 is 5.32 Å². The lowest BCUT2D eigenvalue weighted by atomic mass is 10.1. The Kier molecular flexibility index (Phi) is 7.03. The molecule has 0 bridgehead atoms. The normalized spacial score (nSPS) is 12.2. The Hall–Kier alpha value is -1.62. The molecule has 1 amide bonds. The first kappa shape index (κ1) is 18.7. The Morgan fingerprint density at radius 2 is 2.04 bits per heavy atom. The zero-order valence-corrected chi connectivity index (χ0v) is 15.3. The molecule has 2 rings (SSSR count). The molecule has 0 fully saturated rings. The van der Waals surface area contributed by atoms with E-state index in [1.165, 1.54) is 0 Å². The Balaban J connectivity index is 1.79. The molecule has 0 saturated carbocycles. The van der Waals surface area contributed by atoms with E-state index in [1.807, 2.05) is 38.2 Å². The van der Waals surface area contributed by atoms with Crippen LogP contribution in [0.25, 0.3) is 0 Å². The topological polar surface area (TPSA) is 45.2 Å². The van der Waals surface area contributed by atoms with Gasteiger partial charge in [-0.25, -0.2) is 0 Å². The quantitative estimate of drug-likeness (QED) is 0.803. The van der Waals surface area contributed by atoms with Crippen LogP contribution in [-0.4, -0.2) is 29.4 Å². The second-order valence-electron chi connectivity index (χ2n) is 5.77. The molecule has 4 nitrogen and oxygen atoms in total. The second kappa shape index (κ2) is 9.02. The van der Waals surface area contributed by atoms with Gasteiger partial charge >= 0.3 is 0 Å². The molecule has 0 saturated heterocycles. The van der Waals surface area contributed by atoms with E-state index in [-0.39, 0.29) is 11.9 Å². The van der Waals surface area contributed by atoms with Crippen LogP contribution in [0.5, 0.6) is 0 Å². The fourth-order valence-electron chi connectivity index (χ4n) is 2.32. The molecule has 1 N–H and O–H groups in total. The van der Waals surface area contributed by atoms with Crippen LogP contribution in [0.1, 0.15) is 30.6 Å². The lowest BCUT2D eigenvalue weighted by Crippen LogP contribution is -2.30. The van der Waals surface area contributed by atoms with E-state index >= 15 is 0 Å². The van der Waals surface area contributed by atoms with Crippen LogP contribution in [0.4, 0.5) is 0 Å². The van der Waals surface area contributed by atoms with Crippen molar-refractivity contribution in [1.29, 1.82) is 0 Å². The lowest BCUT2D eigenvalue weighted by molar-refractivity contribution is -0.122. The van der Waals surface area contributed by atoms with E-state index in [0.29, 0.717) is 23.0 Å². The molecule has 0 aliphatic carbocycles. The number of nitrogens with zero attached hydrogens (tertiary/aromatic N) is 2. The molecule has 2 aromatic rings. The first-order chi connectivity index (χ1) is 11.5. The van der Waals surface area contributed by atoms with Gasteiger partial charge in [0.15, 0.2) is 0 Å². The largest absolute Gasteiger partial charge is 0.350 e. The Morgan fingerprint density at radius 1 is 1.25 bits per heavy atom. The van der Waals surface area contributed by atoms with E-state index in [4.69, 9.17) is 23.2 Å². The minimum absolute atomic E-state index is 0.00134. The van der Waals surface area contributed by atoms with Gasteiger partial charge in [-0.3, -0.25) is 9.78 Å². The second-order valence-corrected chi connectivity index (χ2v) is 6.59. The molecule has 0 aliphatic rings. The van der Waals surface area contributed by atoms with Gasteiger partial charge < -0.3 is 10.2 Å². The highest BCUT2D eigenvalue weighted by Crippen LogP contribution is 2.25. The molecule has 1 aromatic heterocycles. The monoisotopic (exact) mass is 365 g/mol. The molecule has 1 heterocycles. The van der Waals surface area contributed by atoms with E-state index in [1.54, 1.807) is 18.3 Å². The van der Waals surface area contributed by atoms with Gasteiger partial charge in [-0.2, -0.15) is 0 Å². The highest BCUT2D eigenvalue weighted by Gasteiger charge is 2.12. The van der Waals surface area contributed by atoms with Crippen LogP contribution in [0.15, 0.2) is 42.6 Å². The molecule has 0 radical (unpaired) electrons. The summed E-state index contributed by atoms with van der Waals surface area (Å²) in [5.74, 6) is 0.00134. The number of aromatic nitrogens is 1. The average molecular weight is 366 g/mol. The van der Waals surface area contributed by atoms with E-state index in [9.17, 15) is 4.79 Å². The summed E-state index contributed by atoms with van der Waals surface area (Å²) in [5, 5.41) is 3.98. The summed E-state index contributed by atoms with van der Waals surface area (Å²) in [5.41, 5.74) is 1.92. The molecule has 0 spiro atoms. The summed E-state index contributed by atoms with van der Waals surface area (Å²) in [6.07, 6.45) is 2.20. The van der Waals surface area contributed by atoms with Crippen LogP contribution >= 0.6 is 23.2 Å². The molecule has 1 unspecified atom stereocenters. The summed E-state index contributed by atoms with van der Waals surface area (Å²) >= 11 is 11.9. The number of nitrogens with one attached hydrogen (secondary N) is 1. The minimum Gasteiger partial charge on any atom is -0.350 e. The smallest absolute Gasteiger partial charge is 0.221 e. The van der Waals surface area contributed by atoms with Gasteiger partial charge in [0.05, 0.1) is 21.8 Å². The third-order valence-corrected chi connectivity index (χ3v) is 4.44. The minimum atomic E-state index is -0.117. The number of carbonyl (C=O) groups is 1. The third-order valence-electron chi connectivity index (χ3n) is 3.70. The van der Waals surface area contributed by atoms with Crippen LogP contribution in [-0.2, 0) is 11.3 Å². The molecular formula is C18H21Cl2N3O. The maximum absolute atomic E-state index is 12.1. The van der Waals surface area contributed by atoms with Crippen molar-refractivity contribution in [2.45, 2.75) is 25.9 Å². The first-order valence-electron chi connectivity index (χ1n) is 7.78. The number of hydrogen-bond acceptors (Lipinski definition) is 3. The highest BCUT2D eigenvalue weighted by molar-refractivity contribution is 6.42. The molecular weight excluding hydrogens is 345 g/mol. The first-order valence-corrected chi connectivity index (χ1v) is 8.54. The van der Waals surface area contributed by atoms with Crippen molar-refractivity contribution in [3.05, 3.63) is 63.9 Å². The van der Waals surface area contributed by atoms with Gasteiger partial charge in [0.2, 0.25) is 5.91 Å². The molecule has 1 atom stereocenters. The number of rotatable bonds is 7. The summed E-state index contributed by atoms with van der Waals surface area (Å²) in [7, 11) is 1.98. The standard InChI is InChI=1S/C18H21Cl2N3O/c1-13(14-6-7-16(19)17(20)11-14)22-18(24)8-10-23(2)12-15-5-3-4-9-21-15/h3-7,9,11,13H,8,10,12H2,1-2H3,(H,22,24). The van der Waals surface area contributed by atoms with Crippen molar-refractivity contribution < 1.29 is 4.79 Å². The van der Waals surface area contributed by atoms with Crippen LogP contribution in [0.3, 0.4) is 0 Å². The van der Waals surface area contributed by atoms with Gasteiger partial charge in [0, 0.05) is 25.7 Å². The zero-order valence-electron chi connectivity index (χ0n) is 13.8. The van der Waals surface area contributed by atoms with Gasteiger partial charge in [-0.1, -0.05) is 35.3 Å². The molecule has 1 aromatic carbocycles. The van der Waals surface area contributed by atoms with Crippen molar-refractivity contribution in [3.63, 3.8) is 0 Å². The molecule has 128 valence electrons. The predicted molar refractivity (Wildman–Crippen MR) is 98.2 cm³/mol. The predicted octanol–water partition coefficient (Wildman–Crippen LogP) is 4.09. The number of hydrogen-bond donors (Lipinski definition) is 1. The van der Waals surface area contributed by atoms with Crippen molar-refractivity contribution in [2.75, 3.05) is 13.6 Å². The van der Waals surface area contributed by atoms with Gasteiger partial charge in [-0.15, -0.1) is 0 Å². The fraction of sp³-hybridized carbons (Fsp3) is 0.333. The number of carbonyl (C=O) groups excluding carboxylic acids is 1. The van der Waals surface area contributed by atoms with E-state index in [0.717, 1.165) is 17.8 Å². The van der Waals surface area contributed by atoms with Gasteiger partial charge in [0.25, 0.3) is 0 Å². The number of amides is 1. The number of halogens is 2. The number of pyridine rings is 1. The summed E-state index contributed by atoms with van der Waals surface area (Å²) in [6.45, 7) is 3.31. The van der Waals surface area contributed by atoms with Crippen molar-refractivity contribution >= 4 is 29.1 Å². The lowest BCUT2D eigenvalue weighted by Gasteiger charge is -2.18. The Bertz CT molecular complexity index is 679. The SMILES string of the molecule is CC(NC(=O)CCN(C)Cc1ccccn1)c1ccc(Cl)c(Cl)c1. The highest BCUT2D eigenvalue weighted by atomic mass is 35.5. The third kappa shape index (κ3) is 5.78. The van der Waals surface area contributed by atoms with Gasteiger partial charge in [-0.05, 0) is 43.8 Å². The van der Waals surface area contributed by atoms with Crippen LogP contribution in [0.2, 0.25) is 10.0 Å². The van der Waals surface area contributed by atoms with Crippen molar-refractivity contribution in [2.24, 2.45) is 0 Å². The Morgan fingerprint density at radius 3 is 2.71 bits per heavy atom. The fourth-order valence-corrected chi connectivity index (χ4v) is 2.62. The van der Waals surface area contributed by atoms with Crippen LogP contribution in [0, 0.1) is 0 Å². The molecule has 0 aliphatic heterocycles. The molecule has 6 heteroatoms. The average Bonchev–Trinajstić information content (AvgIpc) is 2.56. The summed E-state index contributed by atoms with van der Waals surface area (Å²) in [4.78, 5) is 18.5. The van der Waals surface area contributed by atoms with Crippen molar-refractivity contribution in [3.8, 4) is 0 Å². The van der Waals surface area contributed by atoms with Crippen molar-refractivity contribution in [1.82, 2.24) is 15.2 Å². The van der Waals surface area contributed by atoms with E-state index in [2.05, 4.69) is 15.2 Å². The number of benzene rings is 1. The zero-order chi connectivity index (χ0) is 17.5. The van der Waals surface area contributed by atoms with E-state index < -0.39 is 0 Å². The summed E-state index contributed by atoms with van der Waals surface area (Å²) in [6, 6.07) is 11.1. The maximum Gasteiger partial charge on any atom is 0.221 e. The van der Waals surface area contributed by atoms with Gasteiger partial charge in [0.1, 0.15) is 0 Å². The summed E-state index contributed by atoms with van der Waals surface area (Å²) < 4.78 is 0. The Labute approximate surface area is 152 Å². The maximum atomic E-state index is 12.1.